The van der Waals surface area contributed by atoms with E-state index in [0.29, 0.717) is 0 Å². The Morgan fingerprint density at radius 3 is 2.79 bits per heavy atom. The first-order chi connectivity index (χ1) is 9.22. The topological polar surface area (TPSA) is 28.2 Å². The second-order valence-electron chi connectivity index (χ2n) is 4.80. The number of hydrogen-bond donors (Lipinski definition) is 1. The fourth-order valence-corrected chi connectivity index (χ4v) is 3.02. The molecule has 1 N–H and O–H groups in total. The zero-order valence-electron chi connectivity index (χ0n) is 12.1. The zero-order valence-corrected chi connectivity index (χ0v) is 12.9. The Balaban J connectivity index is 1.84. The second kappa shape index (κ2) is 6.87. The number of nitrogens with one attached hydrogen (secondary N) is 1. The van der Waals surface area contributed by atoms with E-state index in [1.54, 1.807) is 11.3 Å². The third kappa shape index (κ3) is 3.91. The van der Waals surface area contributed by atoms with Gasteiger partial charge in [-0.2, -0.15) is 0 Å². The SMILES string of the molecule is CCN(CC)CCCNc1nc2cc(C)ccc2s1. The van der Waals surface area contributed by atoms with Gasteiger partial charge in [-0.25, -0.2) is 4.98 Å². The third-order valence-corrected chi connectivity index (χ3v) is 4.36. The number of hydrogen-bond acceptors (Lipinski definition) is 4. The van der Waals surface area contributed by atoms with Crippen LogP contribution in [-0.2, 0) is 0 Å². The van der Waals surface area contributed by atoms with E-state index in [1.165, 1.54) is 10.3 Å². The molecule has 4 heteroatoms. The molecule has 0 bridgehead atoms. The fourth-order valence-electron chi connectivity index (χ4n) is 2.15. The van der Waals surface area contributed by atoms with Gasteiger partial charge in [-0.15, -0.1) is 0 Å². The number of nitrogens with zero attached hydrogens (tertiary/aromatic N) is 2. The molecule has 2 rings (SSSR count). The van der Waals surface area contributed by atoms with Crippen LogP contribution in [0.5, 0.6) is 0 Å². The van der Waals surface area contributed by atoms with Crippen LogP contribution in [0.1, 0.15) is 25.8 Å². The minimum Gasteiger partial charge on any atom is -0.361 e. The number of aromatic nitrogens is 1. The Hall–Kier alpha value is -1.13. The van der Waals surface area contributed by atoms with Crippen molar-refractivity contribution in [1.82, 2.24) is 9.88 Å². The van der Waals surface area contributed by atoms with Crippen LogP contribution in [0.15, 0.2) is 18.2 Å². The van der Waals surface area contributed by atoms with E-state index in [1.807, 2.05) is 0 Å². The zero-order chi connectivity index (χ0) is 13.7. The van der Waals surface area contributed by atoms with Crippen molar-refractivity contribution in [3.05, 3.63) is 23.8 Å². The van der Waals surface area contributed by atoms with E-state index in [2.05, 4.69) is 54.2 Å². The maximum absolute atomic E-state index is 4.62. The number of anilines is 1. The molecule has 1 aromatic heterocycles. The maximum Gasteiger partial charge on any atom is 0.183 e. The lowest BCUT2D eigenvalue weighted by atomic mass is 10.2. The molecule has 0 amide bonds. The van der Waals surface area contributed by atoms with Crippen LogP contribution in [0.25, 0.3) is 10.2 Å². The van der Waals surface area contributed by atoms with Gasteiger partial charge in [0.1, 0.15) is 0 Å². The van der Waals surface area contributed by atoms with Crippen LogP contribution in [0, 0.1) is 6.92 Å². The summed E-state index contributed by atoms with van der Waals surface area (Å²) in [6.45, 7) is 11.0. The van der Waals surface area contributed by atoms with Gasteiger partial charge in [0.2, 0.25) is 0 Å². The Morgan fingerprint density at radius 1 is 1.26 bits per heavy atom. The molecule has 0 radical (unpaired) electrons. The average Bonchev–Trinajstić information content (AvgIpc) is 2.80. The number of aryl methyl sites for hydroxylation is 1. The van der Waals surface area contributed by atoms with E-state index in [-0.39, 0.29) is 0 Å². The van der Waals surface area contributed by atoms with Gasteiger partial charge in [-0.05, 0) is 50.7 Å². The lowest BCUT2D eigenvalue weighted by Crippen LogP contribution is -2.25. The monoisotopic (exact) mass is 277 g/mol. The summed E-state index contributed by atoms with van der Waals surface area (Å²) in [4.78, 5) is 7.07. The quantitative estimate of drug-likeness (QED) is 0.781. The first-order valence-corrected chi connectivity index (χ1v) is 7.88. The minimum absolute atomic E-state index is 0.995. The van der Waals surface area contributed by atoms with Gasteiger partial charge in [-0.1, -0.05) is 31.3 Å². The van der Waals surface area contributed by atoms with E-state index in [4.69, 9.17) is 0 Å². The highest BCUT2D eigenvalue weighted by Crippen LogP contribution is 2.26. The molecule has 0 fully saturated rings. The van der Waals surface area contributed by atoms with Gasteiger partial charge in [0.15, 0.2) is 5.13 Å². The lowest BCUT2D eigenvalue weighted by Gasteiger charge is -2.17. The van der Waals surface area contributed by atoms with Gasteiger partial charge < -0.3 is 10.2 Å². The van der Waals surface area contributed by atoms with Crippen molar-refractivity contribution >= 4 is 26.7 Å². The van der Waals surface area contributed by atoms with Crippen molar-refractivity contribution in [3.63, 3.8) is 0 Å². The van der Waals surface area contributed by atoms with E-state index in [9.17, 15) is 0 Å². The molecule has 0 aliphatic heterocycles. The number of thiazole rings is 1. The number of fused-ring (bicyclic) bond motifs is 1. The number of benzene rings is 1. The molecule has 2 aromatic rings. The van der Waals surface area contributed by atoms with Gasteiger partial charge >= 0.3 is 0 Å². The highest BCUT2D eigenvalue weighted by atomic mass is 32.1. The third-order valence-electron chi connectivity index (χ3n) is 3.36. The molecule has 0 unspecified atom stereocenters. The average molecular weight is 277 g/mol. The van der Waals surface area contributed by atoms with Gasteiger partial charge in [0.05, 0.1) is 10.2 Å². The first kappa shape index (κ1) is 14.3. The number of rotatable bonds is 7. The summed E-state index contributed by atoms with van der Waals surface area (Å²) in [5.74, 6) is 0. The van der Waals surface area contributed by atoms with Crippen molar-refractivity contribution in [2.75, 3.05) is 31.5 Å². The van der Waals surface area contributed by atoms with Gasteiger partial charge in [0.25, 0.3) is 0 Å². The highest BCUT2D eigenvalue weighted by molar-refractivity contribution is 7.22. The predicted octanol–water partition coefficient (Wildman–Crippen LogP) is 3.75. The maximum atomic E-state index is 4.62. The standard InChI is InChI=1S/C15H23N3S/c1-4-18(5-2)10-6-9-16-15-17-13-11-12(3)7-8-14(13)19-15/h7-8,11H,4-6,9-10H2,1-3H3,(H,16,17). The molecule has 0 aliphatic carbocycles. The smallest absolute Gasteiger partial charge is 0.183 e. The molecule has 0 saturated carbocycles. The minimum atomic E-state index is 0.995. The predicted molar refractivity (Wildman–Crippen MR) is 85.3 cm³/mol. The van der Waals surface area contributed by atoms with E-state index in [0.717, 1.165) is 43.2 Å². The molecule has 19 heavy (non-hydrogen) atoms. The van der Waals surface area contributed by atoms with Crippen molar-refractivity contribution in [2.45, 2.75) is 27.2 Å². The fraction of sp³-hybridized carbons (Fsp3) is 0.533. The van der Waals surface area contributed by atoms with Crippen LogP contribution < -0.4 is 5.32 Å². The largest absolute Gasteiger partial charge is 0.361 e. The van der Waals surface area contributed by atoms with Crippen molar-refractivity contribution in [3.8, 4) is 0 Å². The second-order valence-corrected chi connectivity index (χ2v) is 5.83. The Morgan fingerprint density at radius 2 is 2.05 bits per heavy atom. The Kier molecular flexibility index (Phi) is 5.16. The molecule has 104 valence electrons. The van der Waals surface area contributed by atoms with E-state index >= 15 is 0 Å². The summed E-state index contributed by atoms with van der Waals surface area (Å²) in [5.41, 5.74) is 2.38. The van der Waals surface area contributed by atoms with Crippen LogP contribution in [0.2, 0.25) is 0 Å². The van der Waals surface area contributed by atoms with Gasteiger partial charge in [0, 0.05) is 6.54 Å². The summed E-state index contributed by atoms with van der Waals surface area (Å²) in [6, 6.07) is 6.45. The Bertz CT molecular complexity index is 517. The Labute approximate surface area is 119 Å². The molecule has 1 aromatic carbocycles. The van der Waals surface area contributed by atoms with Crippen LogP contribution in [-0.4, -0.2) is 36.1 Å². The van der Waals surface area contributed by atoms with Crippen LogP contribution in [0.3, 0.4) is 0 Å². The molecular weight excluding hydrogens is 254 g/mol. The molecule has 0 spiro atoms. The molecule has 1 heterocycles. The highest BCUT2D eigenvalue weighted by Gasteiger charge is 2.03. The van der Waals surface area contributed by atoms with Crippen LogP contribution >= 0.6 is 11.3 Å². The van der Waals surface area contributed by atoms with Crippen molar-refractivity contribution in [1.29, 1.82) is 0 Å². The molecule has 0 aliphatic rings. The van der Waals surface area contributed by atoms with Crippen LogP contribution in [0.4, 0.5) is 5.13 Å². The first-order valence-electron chi connectivity index (χ1n) is 7.06. The van der Waals surface area contributed by atoms with Crippen molar-refractivity contribution in [2.24, 2.45) is 0 Å². The normalized spacial score (nSPS) is 11.4. The molecule has 3 nitrogen and oxygen atoms in total. The molecule has 0 saturated heterocycles. The molecule has 0 atom stereocenters. The van der Waals surface area contributed by atoms with Gasteiger partial charge in [-0.3, -0.25) is 0 Å². The summed E-state index contributed by atoms with van der Waals surface area (Å²) in [7, 11) is 0. The van der Waals surface area contributed by atoms with E-state index < -0.39 is 0 Å². The molecular formula is C15H23N3S. The lowest BCUT2D eigenvalue weighted by molar-refractivity contribution is 0.303. The summed E-state index contributed by atoms with van der Waals surface area (Å²) < 4.78 is 1.26. The van der Waals surface area contributed by atoms with Crippen molar-refractivity contribution < 1.29 is 0 Å². The summed E-state index contributed by atoms with van der Waals surface area (Å²) >= 11 is 1.74. The summed E-state index contributed by atoms with van der Waals surface area (Å²) in [5, 5.41) is 4.48. The summed E-state index contributed by atoms with van der Waals surface area (Å²) in [6.07, 6.45) is 1.16.